The van der Waals surface area contributed by atoms with Gasteiger partial charge in [0.1, 0.15) is 5.60 Å². The van der Waals surface area contributed by atoms with E-state index < -0.39 is 5.60 Å². The van der Waals surface area contributed by atoms with E-state index in [1.54, 1.807) is 0 Å². The third-order valence-corrected chi connectivity index (χ3v) is 7.84. The first kappa shape index (κ1) is 33.7. The average Bonchev–Trinajstić information content (AvgIpc) is 3.25. The summed E-state index contributed by atoms with van der Waals surface area (Å²) in [5.41, 5.74) is 9.22. The molecule has 0 fully saturated rings. The number of aliphatic imine (C=N–C) groups is 1. The van der Waals surface area contributed by atoms with Crippen molar-refractivity contribution >= 4 is 22.2 Å². The summed E-state index contributed by atoms with van der Waals surface area (Å²) in [6, 6.07) is 46.7. The molecular weight excluding hydrogens is 626 g/mol. The van der Waals surface area contributed by atoms with E-state index in [2.05, 4.69) is 83.1 Å². The zero-order valence-electron chi connectivity index (χ0n) is 26.3. The van der Waals surface area contributed by atoms with Crippen molar-refractivity contribution in [3.8, 4) is 0 Å². The Labute approximate surface area is 287 Å². The summed E-state index contributed by atoms with van der Waals surface area (Å²) >= 11 is 0. The van der Waals surface area contributed by atoms with E-state index in [0.29, 0.717) is 6.42 Å². The topological polar surface area (TPSA) is 32.6 Å². The molecule has 1 unspecified atom stereocenters. The van der Waals surface area contributed by atoms with Gasteiger partial charge in [0.15, 0.2) is 0 Å². The summed E-state index contributed by atoms with van der Waals surface area (Å²) in [7, 11) is 0. The molecule has 1 atom stereocenters. The summed E-state index contributed by atoms with van der Waals surface area (Å²) in [5.74, 6) is 0. The molecule has 0 spiro atoms. The Balaban J connectivity index is 0.000000253. The van der Waals surface area contributed by atoms with Crippen LogP contribution in [0.15, 0.2) is 145 Å². The van der Waals surface area contributed by atoms with Crippen LogP contribution < -0.4 is 0 Å². The number of aryl methyl sites for hydroxylation is 3. The zero-order valence-corrected chi connectivity index (χ0v) is 28.8. The molecule has 222 valence electrons. The maximum absolute atomic E-state index is 12.2. The molecule has 0 saturated carbocycles. The van der Waals surface area contributed by atoms with Crippen LogP contribution in [-0.4, -0.2) is 10.8 Å². The Morgan fingerprint density at radius 1 is 0.622 bits per heavy atom. The SMILES string of the molecule is Cc1cc(C)c(N=C2c3cccc4cccc(c34)C2(O)Cc2ccccc2)c(C)c1.[CH2-]c1ccccc1.[CH2-]c1ccccc1.[Zr+2]. The minimum atomic E-state index is -1.17. The van der Waals surface area contributed by atoms with Crippen molar-refractivity contribution < 1.29 is 31.3 Å². The predicted molar refractivity (Wildman–Crippen MR) is 187 cm³/mol. The van der Waals surface area contributed by atoms with Crippen LogP contribution in [0.5, 0.6) is 0 Å². The smallest absolute Gasteiger partial charge is 0.378 e. The fourth-order valence-corrected chi connectivity index (χ4v) is 5.87. The first-order chi connectivity index (χ1) is 21.3. The Hall–Kier alpha value is -4.17. The van der Waals surface area contributed by atoms with E-state index in [1.165, 1.54) is 5.56 Å². The first-order valence-electron chi connectivity index (χ1n) is 15.0. The van der Waals surface area contributed by atoms with E-state index in [1.807, 2.05) is 91.0 Å². The summed E-state index contributed by atoms with van der Waals surface area (Å²) in [6.07, 6.45) is 0.490. The Morgan fingerprint density at radius 3 is 1.60 bits per heavy atom. The second kappa shape index (κ2) is 15.2. The van der Waals surface area contributed by atoms with Crippen molar-refractivity contribution in [3.63, 3.8) is 0 Å². The largest absolute Gasteiger partial charge is 2.00 e. The maximum Gasteiger partial charge on any atom is 2.00 e. The number of aliphatic hydroxyl groups is 1. The molecule has 3 heteroatoms. The van der Waals surface area contributed by atoms with Gasteiger partial charge in [0.05, 0.1) is 11.4 Å². The molecule has 0 bridgehead atoms. The normalized spacial score (nSPS) is 15.3. The van der Waals surface area contributed by atoms with Crippen LogP contribution in [0, 0.1) is 34.6 Å². The molecule has 6 aromatic rings. The number of benzene rings is 6. The van der Waals surface area contributed by atoms with Gasteiger partial charge in [-0.3, -0.25) is 0 Å². The van der Waals surface area contributed by atoms with Crippen molar-refractivity contribution in [2.45, 2.75) is 32.8 Å². The molecule has 0 radical (unpaired) electrons. The number of rotatable bonds is 3. The quantitative estimate of drug-likeness (QED) is 0.188. The molecule has 1 aliphatic rings. The molecule has 0 amide bonds. The minimum absolute atomic E-state index is 0. The summed E-state index contributed by atoms with van der Waals surface area (Å²) in [6.45, 7) is 13.7. The molecule has 0 aliphatic heterocycles. The van der Waals surface area contributed by atoms with E-state index in [4.69, 9.17) is 4.99 Å². The van der Waals surface area contributed by atoms with Crippen LogP contribution in [0.25, 0.3) is 10.8 Å². The monoisotopic (exact) mass is 663 g/mol. The van der Waals surface area contributed by atoms with Gasteiger partial charge >= 0.3 is 26.2 Å². The van der Waals surface area contributed by atoms with E-state index in [-0.39, 0.29) is 26.2 Å². The summed E-state index contributed by atoms with van der Waals surface area (Å²) in [4.78, 5) is 5.15. The standard InChI is InChI=1S/C28H25NO.2C7H7.Zr/c1-18-15-19(2)26(20(3)16-18)29-27-23-13-7-11-22-12-8-14-24(25(22)23)28(27,30)17-21-9-5-4-6-10-21;2*1-7-5-3-2-4-6-7;/h4-16,30H,17H2,1-3H3;2*2-6H,1H2;/q;2*-1;+2. The van der Waals surface area contributed by atoms with Crippen molar-refractivity contribution in [1.82, 2.24) is 0 Å². The zero-order chi connectivity index (χ0) is 31.1. The van der Waals surface area contributed by atoms with Gasteiger partial charge < -0.3 is 5.11 Å². The molecule has 2 nitrogen and oxygen atoms in total. The van der Waals surface area contributed by atoms with Crippen LogP contribution in [0.2, 0.25) is 0 Å². The number of hydrogen-bond acceptors (Lipinski definition) is 2. The van der Waals surface area contributed by atoms with Crippen LogP contribution in [-0.2, 0) is 38.2 Å². The second-order valence-corrected chi connectivity index (χ2v) is 11.4. The molecule has 0 saturated heterocycles. The van der Waals surface area contributed by atoms with Gasteiger partial charge in [0.2, 0.25) is 0 Å². The van der Waals surface area contributed by atoms with Gasteiger partial charge in [-0.2, -0.15) is 49.2 Å². The van der Waals surface area contributed by atoms with Crippen molar-refractivity contribution in [1.29, 1.82) is 0 Å². The predicted octanol–water partition coefficient (Wildman–Crippen LogP) is 10.1. The third kappa shape index (κ3) is 7.92. The minimum Gasteiger partial charge on any atom is -0.378 e. The molecule has 1 aliphatic carbocycles. The maximum atomic E-state index is 12.2. The van der Waals surface area contributed by atoms with Crippen LogP contribution in [0.4, 0.5) is 5.69 Å². The fraction of sp³-hybridized carbons (Fsp3) is 0.119. The molecule has 1 N–H and O–H groups in total. The van der Waals surface area contributed by atoms with E-state index in [0.717, 1.165) is 61.1 Å². The van der Waals surface area contributed by atoms with Gasteiger partial charge in [-0.1, -0.05) is 96.6 Å². The van der Waals surface area contributed by atoms with Crippen molar-refractivity contribution in [3.05, 3.63) is 198 Å². The molecule has 45 heavy (non-hydrogen) atoms. The first-order valence-corrected chi connectivity index (χ1v) is 15.0. The Morgan fingerprint density at radius 2 is 1.11 bits per heavy atom. The second-order valence-electron chi connectivity index (χ2n) is 11.4. The van der Waals surface area contributed by atoms with Gasteiger partial charge in [-0.15, -0.1) is 24.3 Å². The summed E-state index contributed by atoms with van der Waals surface area (Å²) in [5, 5.41) is 14.5. The van der Waals surface area contributed by atoms with Gasteiger partial charge in [-0.25, -0.2) is 4.99 Å². The van der Waals surface area contributed by atoms with Crippen LogP contribution in [0.1, 0.15) is 44.5 Å². The number of nitrogens with zero attached hydrogens (tertiary/aromatic N) is 1. The Kier molecular flexibility index (Phi) is 11.4. The summed E-state index contributed by atoms with van der Waals surface area (Å²) < 4.78 is 0. The van der Waals surface area contributed by atoms with Crippen LogP contribution in [0.3, 0.4) is 0 Å². The molecule has 7 rings (SSSR count). The van der Waals surface area contributed by atoms with Crippen LogP contribution >= 0.6 is 0 Å². The van der Waals surface area contributed by atoms with E-state index in [9.17, 15) is 5.11 Å². The molecular formula is C42H39NOZr. The van der Waals surface area contributed by atoms with Gasteiger partial charge in [-0.05, 0) is 53.8 Å². The fourth-order valence-electron chi connectivity index (χ4n) is 5.87. The molecule has 6 aromatic carbocycles. The van der Waals surface area contributed by atoms with E-state index >= 15 is 0 Å². The third-order valence-electron chi connectivity index (χ3n) is 7.84. The van der Waals surface area contributed by atoms with Crippen molar-refractivity contribution in [2.75, 3.05) is 0 Å². The van der Waals surface area contributed by atoms with Crippen molar-refractivity contribution in [2.24, 2.45) is 4.99 Å². The average molecular weight is 665 g/mol. The van der Waals surface area contributed by atoms with Gasteiger partial charge in [0, 0.05) is 12.0 Å². The molecule has 0 aromatic heterocycles. The molecule has 0 heterocycles. The Bertz CT molecular complexity index is 1820. The number of hydrogen-bond donors (Lipinski definition) is 1. The van der Waals surface area contributed by atoms with Gasteiger partial charge in [0.25, 0.3) is 0 Å².